The van der Waals surface area contributed by atoms with Crippen molar-refractivity contribution in [2.75, 3.05) is 26.9 Å². The smallest absolute Gasteiger partial charge is 0.179 e. The molecule has 1 aliphatic heterocycles. The van der Waals surface area contributed by atoms with Crippen molar-refractivity contribution in [2.45, 2.75) is 19.6 Å². The van der Waals surface area contributed by atoms with E-state index >= 15 is 0 Å². The van der Waals surface area contributed by atoms with E-state index in [1.165, 1.54) is 0 Å². The van der Waals surface area contributed by atoms with Crippen LogP contribution in [0.2, 0.25) is 5.02 Å². The highest BCUT2D eigenvalue weighted by Gasteiger charge is 2.20. The molecule has 5 nitrogen and oxygen atoms in total. The van der Waals surface area contributed by atoms with Gasteiger partial charge in [-0.1, -0.05) is 23.7 Å². The minimum Gasteiger partial charge on any atom is -0.491 e. The van der Waals surface area contributed by atoms with Crippen molar-refractivity contribution < 1.29 is 18.9 Å². The second-order valence-corrected chi connectivity index (χ2v) is 6.08. The van der Waals surface area contributed by atoms with Crippen LogP contribution in [0.15, 0.2) is 36.4 Å². The van der Waals surface area contributed by atoms with Crippen molar-refractivity contribution in [3.63, 3.8) is 0 Å². The van der Waals surface area contributed by atoms with Crippen molar-refractivity contribution in [3.05, 3.63) is 47.0 Å². The molecule has 0 fully saturated rings. The molecule has 2 aromatic carbocycles. The molecule has 1 N–H and O–H groups in total. The number of halogens is 1. The fraction of sp³-hybridized carbons (Fsp3) is 0.368. The number of para-hydroxylation sites is 2. The molecule has 25 heavy (non-hydrogen) atoms. The Bertz CT molecular complexity index is 723. The topological polar surface area (TPSA) is 49.0 Å². The molecule has 2 aromatic rings. The summed E-state index contributed by atoms with van der Waals surface area (Å²) in [6, 6.07) is 11.5. The van der Waals surface area contributed by atoms with Crippen molar-refractivity contribution in [1.29, 1.82) is 0 Å². The van der Waals surface area contributed by atoms with Crippen LogP contribution in [0.1, 0.15) is 12.5 Å². The Morgan fingerprint density at radius 2 is 2.04 bits per heavy atom. The van der Waals surface area contributed by atoms with E-state index < -0.39 is 0 Å². The van der Waals surface area contributed by atoms with Gasteiger partial charge in [0.25, 0.3) is 0 Å². The average Bonchev–Trinajstić information content (AvgIpc) is 2.62. The molecule has 6 heteroatoms. The van der Waals surface area contributed by atoms with Gasteiger partial charge in [0.15, 0.2) is 23.0 Å². The zero-order chi connectivity index (χ0) is 17.6. The summed E-state index contributed by atoms with van der Waals surface area (Å²) >= 11 is 6.28. The highest BCUT2D eigenvalue weighted by molar-refractivity contribution is 6.32. The lowest BCUT2D eigenvalue weighted by Crippen LogP contribution is -2.38. The van der Waals surface area contributed by atoms with Gasteiger partial charge >= 0.3 is 0 Å². The lowest BCUT2D eigenvalue weighted by molar-refractivity contribution is 0.0902. The monoisotopic (exact) mass is 363 g/mol. The quantitative estimate of drug-likeness (QED) is 0.813. The van der Waals surface area contributed by atoms with Crippen LogP contribution < -0.4 is 24.3 Å². The van der Waals surface area contributed by atoms with E-state index in [1.807, 2.05) is 43.3 Å². The van der Waals surface area contributed by atoms with Gasteiger partial charge in [-0.2, -0.15) is 0 Å². The second-order valence-electron chi connectivity index (χ2n) is 5.67. The van der Waals surface area contributed by atoms with Crippen molar-refractivity contribution in [3.8, 4) is 23.0 Å². The summed E-state index contributed by atoms with van der Waals surface area (Å²) in [6.45, 7) is 4.32. The zero-order valence-corrected chi connectivity index (χ0v) is 15.1. The number of benzene rings is 2. The van der Waals surface area contributed by atoms with Gasteiger partial charge in [-0.25, -0.2) is 0 Å². The van der Waals surface area contributed by atoms with Gasteiger partial charge in [-0.3, -0.25) is 0 Å². The van der Waals surface area contributed by atoms with Gasteiger partial charge in [0.2, 0.25) is 0 Å². The summed E-state index contributed by atoms with van der Waals surface area (Å²) in [4.78, 5) is 0. The molecular weight excluding hydrogens is 342 g/mol. The number of rotatable bonds is 7. The molecule has 1 atom stereocenters. The van der Waals surface area contributed by atoms with Crippen molar-refractivity contribution >= 4 is 11.6 Å². The lowest BCUT2D eigenvalue weighted by atomic mass is 10.2. The van der Waals surface area contributed by atoms with Gasteiger partial charge in [-0.05, 0) is 36.8 Å². The summed E-state index contributed by atoms with van der Waals surface area (Å²) < 4.78 is 22.6. The third-order valence-corrected chi connectivity index (χ3v) is 4.12. The standard InChI is InChI=1S/C19H22ClNO4/c1-3-23-18-9-13(8-15(20)19(18)22-2)10-21-11-14-12-24-16-6-4-5-7-17(16)25-14/h4-9,14,21H,3,10-12H2,1-2H3/t14-/m0/s1. The number of nitrogens with one attached hydrogen (secondary N) is 1. The second kappa shape index (κ2) is 8.32. The van der Waals surface area contributed by atoms with E-state index in [4.69, 9.17) is 30.5 Å². The highest BCUT2D eigenvalue weighted by atomic mass is 35.5. The van der Waals surface area contributed by atoms with E-state index in [-0.39, 0.29) is 6.10 Å². The molecule has 1 heterocycles. The third-order valence-electron chi connectivity index (χ3n) is 3.84. The largest absolute Gasteiger partial charge is 0.491 e. The Morgan fingerprint density at radius 1 is 1.24 bits per heavy atom. The predicted octanol–water partition coefficient (Wildman–Crippen LogP) is 3.68. The van der Waals surface area contributed by atoms with Crippen LogP contribution >= 0.6 is 11.6 Å². The van der Waals surface area contributed by atoms with Crippen LogP contribution in [0.5, 0.6) is 23.0 Å². The first-order chi connectivity index (χ1) is 12.2. The molecule has 1 aliphatic rings. The summed E-state index contributed by atoms with van der Waals surface area (Å²) in [5, 5.41) is 3.91. The zero-order valence-electron chi connectivity index (χ0n) is 14.4. The molecule has 0 radical (unpaired) electrons. The van der Waals surface area contributed by atoms with Crippen LogP contribution in [-0.4, -0.2) is 33.0 Å². The fourth-order valence-corrected chi connectivity index (χ4v) is 3.04. The average molecular weight is 364 g/mol. The molecule has 0 unspecified atom stereocenters. The summed E-state index contributed by atoms with van der Waals surface area (Å²) in [7, 11) is 1.58. The number of methoxy groups -OCH3 is 1. The van der Waals surface area contributed by atoms with E-state index in [0.717, 1.165) is 17.1 Å². The van der Waals surface area contributed by atoms with E-state index in [2.05, 4.69) is 5.32 Å². The first-order valence-corrected chi connectivity index (χ1v) is 8.67. The summed E-state index contributed by atoms with van der Waals surface area (Å²) in [5.41, 5.74) is 1.02. The van der Waals surface area contributed by atoms with Gasteiger partial charge < -0.3 is 24.3 Å². The minimum absolute atomic E-state index is 0.0324. The Labute approximate surface area is 152 Å². The molecule has 0 aromatic heterocycles. The van der Waals surface area contributed by atoms with E-state index in [9.17, 15) is 0 Å². The Balaban J connectivity index is 1.57. The molecule has 0 bridgehead atoms. The normalized spacial score (nSPS) is 15.7. The SMILES string of the molecule is CCOc1cc(CNC[C@H]2COc3ccccc3O2)cc(Cl)c1OC. The van der Waals surface area contributed by atoms with Crippen molar-refractivity contribution in [2.24, 2.45) is 0 Å². The molecular formula is C19H22ClNO4. The molecule has 0 amide bonds. The Hall–Kier alpha value is -2.11. The maximum atomic E-state index is 6.28. The molecule has 0 aliphatic carbocycles. The predicted molar refractivity (Wildman–Crippen MR) is 97.2 cm³/mol. The molecule has 0 saturated heterocycles. The van der Waals surface area contributed by atoms with Gasteiger partial charge in [0, 0.05) is 13.1 Å². The summed E-state index contributed by atoms with van der Waals surface area (Å²) in [6.07, 6.45) is -0.0324. The molecule has 0 saturated carbocycles. The third kappa shape index (κ3) is 4.30. The number of fused-ring (bicyclic) bond motifs is 1. The van der Waals surface area contributed by atoms with Gasteiger partial charge in [-0.15, -0.1) is 0 Å². The van der Waals surface area contributed by atoms with Crippen LogP contribution in [0.3, 0.4) is 0 Å². The Kier molecular flexibility index (Phi) is 5.89. The van der Waals surface area contributed by atoms with Gasteiger partial charge in [0.1, 0.15) is 12.7 Å². The van der Waals surface area contributed by atoms with Gasteiger partial charge in [0.05, 0.1) is 18.7 Å². The molecule has 0 spiro atoms. The minimum atomic E-state index is -0.0324. The van der Waals surface area contributed by atoms with Crippen molar-refractivity contribution in [1.82, 2.24) is 5.32 Å². The highest BCUT2D eigenvalue weighted by Crippen LogP contribution is 2.36. The molecule has 134 valence electrons. The van der Waals surface area contributed by atoms with Crippen LogP contribution in [0.4, 0.5) is 0 Å². The van der Waals surface area contributed by atoms with E-state index in [1.54, 1.807) is 7.11 Å². The summed E-state index contributed by atoms with van der Waals surface area (Å²) in [5.74, 6) is 2.79. The lowest BCUT2D eigenvalue weighted by Gasteiger charge is -2.26. The number of ether oxygens (including phenoxy) is 4. The Morgan fingerprint density at radius 3 is 2.80 bits per heavy atom. The maximum Gasteiger partial charge on any atom is 0.179 e. The first-order valence-electron chi connectivity index (χ1n) is 8.29. The number of hydrogen-bond acceptors (Lipinski definition) is 5. The van der Waals surface area contributed by atoms with E-state index in [0.29, 0.717) is 42.8 Å². The van der Waals surface area contributed by atoms with Crippen LogP contribution in [0.25, 0.3) is 0 Å². The maximum absolute atomic E-state index is 6.28. The molecule has 3 rings (SSSR count). The number of hydrogen-bond donors (Lipinski definition) is 1. The fourth-order valence-electron chi connectivity index (χ4n) is 2.73. The van der Waals surface area contributed by atoms with Crippen LogP contribution in [0, 0.1) is 0 Å². The first kappa shape index (κ1) is 17.7. The van der Waals surface area contributed by atoms with Crippen LogP contribution in [-0.2, 0) is 6.54 Å².